The lowest BCUT2D eigenvalue weighted by atomic mass is 9.91. The van der Waals surface area contributed by atoms with Crippen LogP contribution >= 0.6 is 0 Å². The van der Waals surface area contributed by atoms with Gasteiger partial charge in [-0.25, -0.2) is 4.68 Å². The molecule has 152 valence electrons. The fourth-order valence-electron chi connectivity index (χ4n) is 4.31. The number of fused-ring (bicyclic) bond motifs is 3. The highest BCUT2D eigenvalue weighted by atomic mass is 16.5. The number of ether oxygens (including phenoxy) is 1. The van der Waals surface area contributed by atoms with E-state index in [9.17, 15) is 4.79 Å². The molecule has 2 aromatic carbocycles. The van der Waals surface area contributed by atoms with Crippen LogP contribution in [0.4, 0.5) is 0 Å². The van der Waals surface area contributed by atoms with Crippen molar-refractivity contribution in [3.63, 3.8) is 0 Å². The normalized spacial score (nSPS) is 16.8. The Kier molecular flexibility index (Phi) is 4.66. The van der Waals surface area contributed by atoms with Gasteiger partial charge in [0.25, 0.3) is 0 Å². The first kappa shape index (κ1) is 18.4. The van der Waals surface area contributed by atoms with E-state index in [0.29, 0.717) is 0 Å². The number of amides is 1. The number of nitrogens with zero attached hydrogens (tertiary/aromatic N) is 4. The van der Waals surface area contributed by atoms with Crippen molar-refractivity contribution < 1.29 is 9.53 Å². The van der Waals surface area contributed by atoms with Crippen LogP contribution in [0.3, 0.4) is 0 Å². The molecule has 4 aromatic rings. The van der Waals surface area contributed by atoms with Crippen molar-refractivity contribution in [1.29, 1.82) is 0 Å². The van der Waals surface area contributed by atoms with Gasteiger partial charge in [-0.2, -0.15) is 0 Å². The van der Waals surface area contributed by atoms with E-state index in [4.69, 9.17) is 4.74 Å². The third kappa shape index (κ3) is 3.20. The van der Waals surface area contributed by atoms with E-state index in [1.54, 1.807) is 7.11 Å². The van der Waals surface area contributed by atoms with Crippen LogP contribution in [-0.2, 0) is 11.2 Å². The number of tetrazole rings is 1. The van der Waals surface area contributed by atoms with Crippen molar-refractivity contribution >= 4 is 16.8 Å². The first-order valence-electron chi connectivity index (χ1n) is 10.0. The van der Waals surface area contributed by atoms with Crippen molar-refractivity contribution in [3.05, 3.63) is 71.7 Å². The van der Waals surface area contributed by atoms with Gasteiger partial charge in [-0.05, 0) is 59.0 Å². The van der Waals surface area contributed by atoms with Crippen molar-refractivity contribution in [2.24, 2.45) is 0 Å². The van der Waals surface area contributed by atoms with Gasteiger partial charge in [0.05, 0.1) is 13.2 Å². The summed E-state index contributed by atoms with van der Waals surface area (Å²) in [6.07, 6.45) is 4.32. The largest absolute Gasteiger partial charge is 0.497 e. The highest BCUT2D eigenvalue weighted by Gasteiger charge is 2.30. The first-order valence-corrected chi connectivity index (χ1v) is 10.0. The number of aromatic nitrogens is 5. The fourth-order valence-corrected chi connectivity index (χ4v) is 4.31. The Morgan fingerprint density at radius 2 is 2.13 bits per heavy atom. The molecule has 0 saturated carbocycles. The number of H-pyrrole nitrogens is 1. The van der Waals surface area contributed by atoms with Gasteiger partial charge in [0.15, 0.2) is 6.04 Å². The van der Waals surface area contributed by atoms with Crippen LogP contribution in [-0.4, -0.2) is 38.2 Å². The van der Waals surface area contributed by atoms with Gasteiger partial charge in [0.2, 0.25) is 5.91 Å². The van der Waals surface area contributed by atoms with E-state index in [2.05, 4.69) is 31.9 Å². The molecule has 0 fully saturated rings. The topological polar surface area (TPSA) is 97.7 Å². The van der Waals surface area contributed by atoms with Crippen LogP contribution in [0, 0.1) is 0 Å². The van der Waals surface area contributed by atoms with E-state index in [0.717, 1.165) is 47.2 Å². The molecular weight excluding hydrogens is 380 g/mol. The quantitative estimate of drug-likeness (QED) is 0.535. The molecule has 8 nitrogen and oxygen atoms in total. The molecule has 0 radical (unpaired) electrons. The minimum atomic E-state index is -0.629. The van der Waals surface area contributed by atoms with Crippen LogP contribution in [0.2, 0.25) is 0 Å². The van der Waals surface area contributed by atoms with E-state index in [1.807, 2.05) is 42.5 Å². The highest BCUT2D eigenvalue weighted by Crippen LogP contribution is 2.36. The van der Waals surface area contributed by atoms with Crippen LogP contribution in [0.25, 0.3) is 10.9 Å². The second kappa shape index (κ2) is 7.62. The summed E-state index contributed by atoms with van der Waals surface area (Å²) in [4.78, 5) is 16.9. The van der Waals surface area contributed by atoms with E-state index in [1.165, 1.54) is 16.6 Å². The standard InChI is InChI=1S/C22H22N6O2/c1-30-15-10-11-18-17(12-15)16-8-5-9-19(20(16)24-18)25-22(29)21(28-13-23-26-27-28)14-6-3-2-4-7-14/h2-4,6-7,10-13,19,21,24H,5,8-9H2,1H3,(H,25,29)/t19-,21-/m0/s1. The summed E-state index contributed by atoms with van der Waals surface area (Å²) in [5, 5.41) is 15.8. The molecule has 1 amide bonds. The number of methoxy groups -OCH3 is 1. The van der Waals surface area contributed by atoms with Crippen LogP contribution < -0.4 is 10.1 Å². The fraction of sp³-hybridized carbons (Fsp3) is 0.273. The number of carbonyl (C=O) groups excluding carboxylic acids is 1. The second-order valence-electron chi connectivity index (χ2n) is 7.49. The van der Waals surface area contributed by atoms with Gasteiger partial charge in [-0.15, -0.1) is 5.10 Å². The monoisotopic (exact) mass is 402 g/mol. The number of aryl methyl sites for hydroxylation is 1. The molecule has 0 saturated heterocycles. The van der Waals surface area contributed by atoms with Gasteiger partial charge in [-0.3, -0.25) is 4.79 Å². The summed E-state index contributed by atoms with van der Waals surface area (Å²) in [7, 11) is 1.67. The van der Waals surface area contributed by atoms with Crippen molar-refractivity contribution in [2.75, 3.05) is 7.11 Å². The zero-order valence-electron chi connectivity index (χ0n) is 16.6. The molecule has 2 heterocycles. The number of benzene rings is 2. The number of rotatable bonds is 5. The molecule has 1 aliphatic carbocycles. The minimum absolute atomic E-state index is 0.0951. The Balaban J connectivity index is 1.48. The van der Waals surface area contributed by atoms with Gasteiger partial charge in [-0.1, -0.05) is 30.3 Å². The Labute approximate surface area is 173 Å². The third-order valence-electron chi connectivity index (χ3n) is 5.72. The lowest BCUT2D eigenvalue weighted by Crippen LogP contribution is -2.37. The number of aromatic amines is 1. The summed E-state index contributed by atoms with van der Waals surface area (Å²) in [5.74, 6) is 0.695. The summed E-state index contributed by atoms with van der Waals surface area (Å²) in [5.41, 5.74) is 4.21. The van der Waals surface area contributed by atoms with Crippen LogP contribution in [0.1, 0.15) is 41.7 Å². The molecule has 8 heteroatoms. The smallest absolute Gasteiger partial charge is 0.250 e. The molecule has 2 atom stereocenters. The average molecular weight is 402 g/mol. The second-order valence-corrected chi connectivity index (χ2v) is 7.49. The maximum atomic E-state index is 13.4. The van der Waals surface area contributed by atoms with Gasteiger partial charge < -0.3 is 15.0 Å². The summed E-state index contributed by atoms with van der Waals surface area (Å²) in [6.45, 7) is 0. The first-order chi connectivity index (χ1) is 14.7. The van der Waals surface area contributed by atoms with Crippen LogP contribution in [0.5, 0.6) is 5.75 Å². The third-order valence-corrected chi connectivity index (χ3v) is 5.72. The average Bonchev–Trinajstić information content (AvgIpc) is 3.43. The summed E-state index contributed by atoms with van der Waals surface area (Å²) >= 11 is 0. The minimum Gasteiger partial charge on any atom is -0.497 e. The summed E-state index contributed by atoms with van der Waals surface area (Å²) < 4.78 is 6.88. The molecule has 5 rings (SSSR count). The van der Waals surface area contributed by atoms with E-state index in [-0.39, 0.29) is 11.9 Å². The van der Waals surface area contributed by atoms with Crippen molar-refractivity contribution in [2.45, 2.75) is 31.3 Å². The number of carbonyl (C=O) groups is 1. The number of hydrogen-bond acceptors (Lipinski definition) is 5. The Morgan fingerprint density at radius 1 is 1.27 bits per heavy atom. The van der Waals surface area contributed by atoms with E-state index >= 15 is 0 Å². The lowest BCUT2D eigenvalue weighted by molar-refractivity contribution is -0.124. The number of hydrogen-bond donors (Lipinski definition) is 2. The van der Waals surface area contributed by atoms with Gasteiger partial charge in [0, 0.05) is 16.6 Å². The maximum Gasteiger partial charge on any atom is 0.250 e. The lowest BCUT2D eigenvalue weighted by Gasteiger charge is -2.26. The maximum absolute atomic E-state index is 13.4. The molecule has 30 heavy (non-hydrogen) atoms. The summed E-state index contributed by atoms with van der Waals surface area (Å²) in [6, 6.07) is 14.9. The van der Waals surface area contributed by atoms with Crippen molar-refractivity contribution in [3.8, 4) is 5.75 Å². The molecule has 2 aromatic heterocycles. The highest BCUT2D eigenvalue weighted by molar-refractivity contribution is 5.88. The molecule has 0 spiro atoms. The van der Waals surface area contributed by atoms with Crippen molar-refractivity contribution in [1.82, 2.24) is 30.5 Å². The molecular formula is C22H22N6O2. The van der Waals surface area contributed by atoms with Gasteiger partial charge in [0.1, 0.15) is 12.1 Å². The Hall–Kier alpha value is -3.68. The zero-order valence-corrected chi connectivity index (χ0v) is 16.6. The molecule has 0 unspecified atom stereocenters. The number of nitrogens with one attached hydrogen (secondary N) is 2. The van der Waals surface area contributed by atoms with Gasteiger partial charge >= 0.3 is 0 Å². The zero-order chi connectivity index (χ0) is 20.5. The van der Waals surface area contributed by atoms with E-state index < -0.39 is 6.04 Å². The Morgan fingerprint density at radius 3 is 2.90 bits per heavy atom. The molecule has 0 bridgehead atoms. The molecule has 2 N–H and O–H groups in total. The predicted octanol–water partition coefficient (Wildman–Crippen LogP) is 2.95. The SMILES string of the molecule is COc1ccc2[nH]c3c(c2c1)CCC[C@@H]3NC(=O)[C@H](c1ccccc1)n1cnnn1. The Bertz CT molecular complexity index is 1170. The predicted molar refractivity (Wildman–Crippen MR) is 111 cm³/mol. The molecule has 0 aliphatic heterocycles. The molecule has 1 aliphatic rings. The van der Waals surface area contributed by atoms with Crippen LogP contribution in [0.15, 0.2) is 54.9 Å².